The summed E-state index contributed by atoms with van der Waals surface area (Å²) in [7, 11) is 0. The van der Waals surface area contributed by atoms with Crippen LogP contribution in [-0.2, 0) is 47.7 Å². The van der Waals surface area contributed by atoms with E-state index in [4.69, 9.17) is 53.2 Å². The van der Waals surface area contributed by atoms with Crippen LogP contribution in [0.5, 0.6) is 0 Å². The molecule has 3 saturated heterocycles. The molecule has 0 saturated carbocycles. The van der Waals surface area contributed by atoms with Gasteiger partial charge in [0.2, 0.25) is 0 Å². The Kier molecular flexibility index (Phi) is 34.7. The number of amidine groups is 2. The Balaban J connectivity index is 0.000000303. The zero-order valence-electron chi connectivity index (χ0n) is 59.3. The van der Waals surface area contributed by atoms with Crippen LogP contribution in [0.4, 0.5) is 14.4 Å². The molecule has 25 nitrogen and oxygen atoms in total. The minimum Gasteiger partial charge on any atom is -0.466 e. The van der Waals surface area contributed by atoms with Crippen molar-refractivity contribution in [3.63, 3.8) is 0 Å². The van der Waals surface area contributed by atoms with Gasteiger partial charge in [-0.1, -0.05) is 53.2 Å². The van der Waals surface area contributed by atoms with Crippen LogP contribution in [0.1, 0.15) is 171 Å². The van der Waals surface area contributed by atoms with Crippen molar-refractivity contribution in [1.82, 2.24) is 29.7 Å². The van der Waals surface area contributed by atoms with Crippen molar-refractivity contribution in [1.29, 1.82) is 10.7 Å². The standard InChI is InChI=1S/2C12H11NO2S.C11H21N3O3.C11H21N3O2.C11H18N2O2.C7H4ClNS.C6H10O3/c2*1-7(14)11(8(2)15)12-13-9-5-3-4-6-10(9)16-12;1-11(2,3)17-10(15)14-6-4-8(5-7-14)9(12)13-16;1-11(2,3)16-10(15)14-6-4-8(5-7-14)9(12)13;1-11(2,3)15-10(14)13-6-4-9(8-12)5-7-13;8-7-9-5-3-1-2-4-6(5)10-7;1-3-9-6(8)4-5(2)7/h2*3-6,11H,1-2H3;8,16H,4-7H2,1-3H3,(H2,12,13);8H,4-7H2,1-3H3,(H3,12,13);9H,4-7H2,1-3H3;1-4H;3-4H2,1-2H3. The van der Waals surface area contributed by atoms with E-state index in [1.54, 1.807) is 21.6 Å². The third-order valence-corrected chi connectivity index (χ3v) is 17.6. The maximum Gasteiger partial charge on any atom is 0.410 e. The molecule has 3 aliphatic heterocycles. The Morgan fingerprint density at radius 2 is 0.899 bits per heavy atom. The van der Waals surface area contributed by atoms with E-state index in [9.17, 15) is 43.2 Å². The van der Waals surface area contributed by atoms with E-state index >= 15 is 0 Å². The summed E-state index contributed by atoms with van der Waals surface area (Å²) in [4.78, 5) is 119. The third-order valence-electron chi connectivity index (χ3n) is 14.3. The van der Waals surface area contributed by atoms with Crippen LogP contribution in [-0.4, -0.2) is 162 Å². The number of piperidine rings is 3. The Labute approximate surface area is 596 Å². The van der Waals surface area contributed by atoms with Crippen molar-refractivity contribution >= 4 is 141 Å². The van der Waals surface area contributed by atoms with Crippen LogP contribution in [0.3, 0.4) is 0 Å². The van der Waals surface area contributed by atoms with Gasteiger partial charge in [-0.2, -0.15) is 5.26 Å². The van der Waals surface area contributed by atoms with Crippen molar-refractivity contribution in [2.24, 2.45) is 34.4 Å². The number of para-hydroxylation sites is 3. The quantitative estimate of drug-likeness (QED) is 0.0178. The molecule has 29 heteroatoms. The van der Waals surface area contributed by atoms with E-state index in [0.29, 0.717) is 73.2 Å². The molecular weight excluding hydrogens is 1350 g/mol. The summed E-state index contributed by atoms with van der Waals surface area (Å²) in [6, 6.07) is 25.4. The van der Waals surface area contributed by atoms with Crippen molar-refractivity contribution in [3.05, 3.63) is 87.3 Å². The number of aromatic nitrogens is 3. The van der Waals surface area contributed by atoms with E-state index in [2.05, 4.69) is 30.9 Å². The third kappa shape index (κ3) is 31.1. The molecule has 3 aromatic carbocycles. The predicted octanol–water partition coefficient (Wildman–Crippen LogP) is 13.7. The molecule has 3 fully saturated rings. The molecule has 6 aromatic rings. The van der Waals surface area contributed by atoms with Crippen molar-refractivity contribution in [2.75, 3.05) is 45.9 Å². The first kappa shape index (κ1) is 84.7. The van der Waals surface area contributed by atoms with Gasteiger partial charge in [0, 0.05) is 57.0 Å². The fourth-order valence-electron chi connectivity index (χ4n) is 9.54. The molecule has 6 N–H and O–H groups in total. The Bertz CT molecular complexity index is 3530. The lowest BCUT2D eigenvalue weighted by atomic mass is 9.96. The molecule has 0 atom stereocenters. The summed E-state index contributed by atoms with van der Waals surface area (Å²) in [5.41, 5.74) is 12.3. The summed E-state index contributed by atoms with van der Waals surface area (Å²) in [5, 5.41) is 28.8. The van der Waals surface area contributed by atoms with Gasteiger partial charge in [-0.25, -0.2) is 29.3 Å². The number of hydrogen-bond donors (Lipinski definition) is 4. The van der Waals surface area contributed by atoms with Crippen LogP contribution in [0.15, 0.2) is 78.0 Å². The molecule has 3 aliphatic rings. The van der Waals surface area contributed by atoms with Gasteiger partial charge in [0.15, 0.2) is 4.47 Å². The smallest absolute Gasteiger partial charge is 0.410 e. The van der Waals surface area contributed by atoms with Crippen LogP contribution in [0.2, 0.25) is 4.47 Å². The number of ether oxygens (including phenoxy) is 4. The largest absolute Gasteiger partial charge is 0.466 e. The number of carbonyl (C=O) groups excluding carboxylic acids is 9. The van der Waals surface area contributed by atoms with Crippen LogP contribution >= 0.6 is 45.6 Å². The first-order valence-corrected chi connectivity index (χ1v) is 35.1. The highest BCUT2D eigenvalue weighted by Crippen LogP contribution is 2.31. The lowest BCUT2D eigenvalue weighted by molar-refractivity contribution is -0.145. The van der Waals surface area contributed by atoms with Gasteiger partial charge in [-0.15, -0.1) is 34.0 Å². The number of amides is 3. The number of fused-ring (bicyclic) bond motifs is 3. The monoisotopic (exact) mass is 1450 g/mol. The average Bonchev–Trinajstić information content (AvgIpc) is 1.70. The highest BCUT2D eigenvalue weighted by molar-refractivity contribution is 7.22. The number of halogens is 1. The molecule has 3 amide bonds. The lowest BCUT2D eigenvalue weighted by Crippen LogP contribution is -2.44. The summed E-state index contributed by atoms with van der Waals surface area (Å²) in [6.07, 6.45) is 3.51. The zero-order chi connectivity index (χ0) is 74.5. The zero-order valence-corrected chi connectivity index (χ0v) is 62.5. The molecule has 9 rings (SSSR count). The number of carbonyl (C=O) groups is 9. The van der Waals surface area contributed by atoms with E-state index in [1.807, 2.05) is 135 Å². The number of hydrogen-bond acceptors (Lipinski definition) is 23. The number of nitrogens with one attached hydrogen (secondary N) is 1. The number of nitriles is 1. The Morgan fingerprint density at radius 1 is 0.576 bits per heavy atom. The summed E-state index contributed by atoms with van der Waals surface area (Å²) in [5.74, 6) is -1.83. The Hall–Kier alpha value is -8.52. The maximum absolute atomic E-state index is 11.8. The van der Waals surface area contributed by atoms with Crippen LogP contribution in [0, 0.1) is 34.5 Å². The molecule has 540 valence electrons. The van der Waals surface area contributed by atoms with Crippen molar-refractivity contribution < 1.29 is 67.3 Å². The van der Waals surface area contributed by atoms with Crippen LogP contribution in [0.25, 0.3) is 30.6 Å². The van der Waals surface area contributed by atoms with Gasteiger partial charge < -0.3 is 50.3 Å². The first-order chi connectivity index (χ1) is 46.3. The van der Waals surface area contributed by atoms with E-state index in [0.717, 1.165) is 56.3 Å². The van der Waals surface area contributed by atoms with Gasteiger partial charge >= 0.3 is 24.2 Å². The van der Waals surface area contributed by atoms with Gasteiger partial charge in [0.05, 0.1) is 49.2 Å². The minimum absolute atomic E-state index is 0.0543. The fourth-order valence-corrected chi connectivity index (χ4v) is 12.9. The van der Waals surface area contributed by atoms with Crippen molar-refractivity contribution in [3.8, 4) is 6.07 Å². The molecule has 0 bridgehead atoms. The Morgan fingerprint density at radius 3 is 1.18 bits per heavy atom. The predicted molar refractivity (Wildman–Crippen MR) is 387 cm³/mol. The molecule has 6 heterocycles. The van der Waals surface area contributed by atoms with E-state index in [-0.39, 0.29) is 83.0 Å². The number of likely N-dealkylation sites (tertiary alicyclic amines) is 3. The number of nitrogens with two attached hydrogens (primary N) is 2. The second-order valence-electron chi connectivity index (χ2n) is 26.3. The molecule has 0 unspecified atom stereocenters. The van der Waals surface area contributed by atoms with Gasteiger partial charge in [-0.3, -0.25) is 34.2 Å². The van der Waals surface area contributed by atoms with Crippen molar-refractivity contribution in [2.45, 2.75) is 177 Å². The van der Waals surface area contributed by atoms with E-state index < -0.39 is 34.6 Å². The fraction of sp³-hybridized carbons (Fsp3) is 0.529. The topological polar surface area (TPSA) is 371 Å². The summed E-state index contributed by atoms with van der Waals surface area (Å²) >= 11 is 10.0. The molecule has 0 radical (unpaired) electrons. The summed E-state index contributed by atoms with van der Waals surface area (Å²) < 4.78 is 24.1. The number of ketones is 5. The van der Waals surface area contributed by atoms with Crippen LogP contribution < -0.4 is 11.5 Å². The average molecular weight is 1450 g/mol. The first-order valence-electron chi connectivity index (χ1n) is 32.3. The normalized spacial score (nSPS) is 14.4. The molecule has 3 aromatic heterocycles. The second kappa shape index (κ2) is 40.5. The highest BCUT2D eigenvalue weighted by atomic mass is 35.5. The number of esters is 1. The molecule has 0 spiro atoms. The summed E-state index contributed by atoms with van der Waals surface area (Å²) in [6.45, 7) is 29.4. The number of nitrogens with zero attached hydrogens (tertiary/aromatic N) is 8. The van der Waals surface area contributed by atoms with Gasteiger partial charge in [0.25, 0.3) is 0 Å². The van der Waals surface area contributed by atoms with E-state index in [1.165, 1.54) is 68.6 Å². The number of oxime groups is 1. The highest BCUT2D eigenvalue weighted by Gasteiger charge is 2.32. The lowest BCUT2D eigenvalue weighted by Gasteiger charge is -2.32. The SMILES string of the molecule is CC(=O)C(C(C)=O)c1nc2ccccc2s1.CC(=O)C(C(C)=O)c1nc2ccccc2s1.CC(C)(C)OC(=O)N1CCC(C#N)CC1.CC(C)(C)OC(=O)N1CCC(C(=N)N)CC1.CC(C)(C)OC(=O)N1CCC(C(N)=NO)CC1.CCOC(=O)CC(C)=O.Clc1nc2ccccc2s1. The number of thiazole rings is 3. The number of benzene rings is 3. The second-order valence-corrected chi connectivity index (χ2v) is 30.0. The van der Waals surface area contributed by atoms with Gasteiger partial charge in [0.1, 0.15) is 79.8 Å². The number of rotatable bonds is 11. The number of Topliss-reactive ketones (excluding diaryl/α,β-unsaturated/α-hetero) is 5. The molecular formula is C70H96ClN11O14S3. The molecule has 99 heavy (non-hydrogen) atoms. The minimum atomic E-state index is -0.697. The van der Waals surface area contributed by atoms with Gasteiger partial charge in [-0.05, 0) is 179 Å². The molecule has 0 aliphatic carbocycles. The maximum atomic E-state index is 11.8.